The van der Waals surface area contributed by atoms with Crippen LogP contribution in [0, 0.1) is 0 Å². The van der Waals surface area contributed by atoms with Crippen LogP contribution < -0.4 is 4.74 Å². The monoisotopic (exact) mass is 321 g/mol. The Kier molecular flexibility index (Phi) is 3.63. The smallest absolute Gasteiger partial charge is 0.118 e. The maximum atomic E-state index is 9.88. The van der Waals surface area contributed by atoms with Crippen LogP contribution in [-0.4, -0.2) is 21.9 Å². The standard InChI is InChI=1S/C20H19NO3/c1-24-15-8-6-13(7-9-15)19-16-4-2-3-5-18(16)21-10-14(11-22)17(12-23)20(19)21/h2-10,19,22-23H,11-12H2,1H3. The van der Waals surface area contributed by atoms with Gasteiger partial charge in [-0.05, 0) is 29.3 Å². The van der Waals surface area contributed by atoms with Crippen molar-refractivity contribution in [3.8, 4) is 11.4 Å². The molecule has 2 heterocycles. The molecule has 0 saturated carbocycles. The summed E-state index contributed by atoms with van der Waals surface area (Å²) in [5.41, 5.74) is 6.07. The van der Waals surface area contributed by atoms with Crippen molar-refractivity contribution < 1.29 is 14.9 Å². The van der Waals surface area contributed by atoms with Gasteiger partial charge in [0.1, 0.15) is 5.75 Å². The molecule has 0 aliphatic carbocycles. The molecule has 0 amide bonds. The number of methoxy groups -OCH3 is 1. The zero-order valence-electron chi connectivity index (χ0n) is 13.4. The van der Waals surface area contributed by atoms with Crippen LogP contribution in [0.25, 0.3) is 5.69 Å². The number of fused-ring (bicyclic) bond motifs is 3. The van der Waals surface area contributed by atoms with Gasteiger partial charge >= 0.3 is 0 Å². The van der Waals surface area contributed by atoms with Gasteiger partial charge in [0.15, 0.2) is 0 Å². The molecule has 24 heavy (non-hydrogen) atoms. The van der Waals surface area contributed by atoms with Gasteiger partial charge in [0.05, 0.1) is 26.2 Å². The molecule has 1 atom stereocenters. The molecule has 1 unspecified atom stereocenters. The third-order valence-corrected chi connectivity index (χ3v) is 4.80. The van der Waals surface area contributed by atoms with Gasteiger partial charge in [-0.15, -0.1) is 0 Å². The van der Waals surface area contributed by atoms with Crippen LogP contribution in [0.15, 0.2) is 54.7 Å². The average Bonchev–Trinajstić information content (AvgIpc) is 3.15. The summed E-state index contributed by atoms with van der Waals surface area (Å²) in [6, 6.07) is 16.3. The fraction of sp³-hybridized carbons (Fsp3) is 0.200. The summed E-state index contributed by atoms with van der Waals surface area (Å²) in [6.45, 7) is -0.160. The minimum Gasteiger partial charge on any atom is -0.497 e. The zero-order valence-corrected chi connectivity index (χ0v) is 13.4. The predicted molar refractivity (Wildman–Crippen MR) is 91.6 cm³/mol. The second kappa shape index (κ2) is 5.82. The first-order chi connectivity index (χ1) is 11.8. The Morgan fingerprint density at radius 2 is 1.75 bits per heavy atom. The lowest BCUT2D eigenvalue weighted by atomic mass is 9.88. The van der Waals surface area contributed by atoms with Crippen LogP contribution in [0.5, 0.6) is 5.75 Å². The summed E-state index contributed by atoms with van der Waals surface area (Å²) in [7, 11) is 1.66. The zero-order chi connectivity index (χ0) is 16.7. The largest absolute Gasteiger partial charge is 0.497 e. The number of para-hydroxylation sites is 1. The Labute approximate surface area is 140 Å². The van der Waals surface area contributed by atoms with E-state index >= 15 is 0 Å². The molecule has 0 bridgehead atoms. The van der Waals surface area contributed by atoms with Gasteiger partial charge in [-0.3, -0.25) is 0 Å². The van der Waals surface area contributed by atoms with Gasteiger partial charge in [0.25, 0.3) is 0 Å². The first kappa shape index (κ1) is 15.0. The molecule has 1 aliphatic heterocycles. The molecule has 1 aliphatic rings. The lowest BCUT2D eigenvalue weighted by Crippen LogP contribution is -2.04. The number of hydrogen-bond acceptors (Lipinski definition) is 3. The summed E-state index contributed by atoms with van der Waals surface area (Å²) in [5.74, 6) is 0.855. The second-order valence-corrected chi connectivity index (χ2v) is 5.97. The van der Waals surface area contributed by atoms with E-state index in [9.17, 15) is 10.2 Å². The fourth-order valence-corrected chi connectivity index (χ4v) is 3.68. The SMILES string of the molecule is COc1ccc(C2c3ccccc3-n3cc(CO)c(CO)c32)cc1. The number of hydrogen-bond donors (Lipinski definition) is 2. The predicted octanol–water partition coefficient (Wildman–Crippen LogP) is 2.96. The van der Waals surface area contributed by atoms with Crippen molar-refractivity contribution in [2.75, 3.05) is 7.11 Å². The van der Waals surface area contributed by atoms with Gasteiger partial charge < -0.3 is 19.5 Å². The van der Waals surface area contributed by atoms with E-state index in [1.54, 1.807) is 7.11 Å². The molecule has 2 N–H and O–H groups in total. The van der Waals surface area contributed by atoms with E-state index in [0.717, 1.165) is 33.8 Å². The van der Waals surface area contributed by atoms with E-state index in [1.165, 1.54) is 5.56 Å². The Balaban J connectivity index is 1.95. The third kappa shape index (κ3) is 2.08. The third-order valence-electron chi connectivity index (χ3n) is 4.80. The molecule has 4 heteroatoms. The van der Waals surface area contributed by atoms with E-state index in [1.807, 2.05) is 30.5 Å². The van der Waals surface area contributed by atoms with E-state index in [-0.39, 0.29) is 19.1 Å². The highest BCUT2D eigenvalue weighted by atomic mass is 16.5. The maximum absolute atomic E-state index is 9.88. The van der Waals surface area contributed by atoms with Crippen molar-refractivity contribution in [1.29, 1.82) is 0 Å². The lowest BCUT2D eigenvalue weighted by molar-refractivity contribution is 0.260. The van der Waals surface area contributed by atoms with Crippen LogP contribution >= 0.6 is 0 Å². The number of rotatable bonds is 4. The summed E-state index contributed by atoms with van der Waals surface area (Å²) in [6.07, 6.45) is 1.93. The molecule has 3 aromatic rings. The van der Waals surface area contributed by atoms with E-state index in [0.29, 0.717) is 0 Å². The first-order valence-corrected chi connectivity index (χ1v) is 7.96. The number of benzene rings is 2. The minimum atomic E-state index is -0.0845. The minimum absolute atomic E-state index is 0.0366. The van der Waals surface area contributed by atoms with Crippen LogP contribution in [0.2, 0.25) is 0 Å². The first-order valence-electron chi connectivity index (χ1n) is 7.96. The molecule has 4 nitrogen and oxygen atoms in total. The molecule has 0 radical (unpaired) electrons. The van der Waals surface area contributed by atoms with Crippen LogP contribution in [-0.2, 0) is 13.2 Å². The summed E-state index contributed by atoms with van der Waals surface area (Å²) in [4.78, 5) is 0. The number of ether oxygens (including phenoxy) is 1. The van der Waals surface area contributed by atoms with E-state index in [4.69, 9.17) is 4.74 Å². The molecule has 0 spiro atoms. The molecule has 1 aromatic heterocycles. The highest BCUT2D eigenvalue weighted by molar-refractivity contribution is 5.62. The highest BCUT2D eigenvalue weighted by Gasteiger charge is 2.33. The molecule has 0 fully saturated rings. The summed E-state index contributed by atoms with van der Waals surface area (Å²) >= 11 is 0. The van der Waals surface area contributed by atoms with Gasteiger partial charge in [-0.25, -0.2) is 0 Å². The molecular formula is C20H19NO3. The molecule has 4 rings (SSSR count). The van der Waals surface area contributed by atoms with Crippen LogP contribution in [0.3, 0.4) is 0 Å². The van der Waals surface area contributed by atoms with Crippen molar-refractivity contribution in [3.63, 3.8) is 0 Å². The Morgan fingerprint density at radius 1 is 1.00 bits per heavy atom. The molecule has 0 saturated heterocycles. The molecule has 2 aromatic carbocycles. The van der Waals surface area contributed by atoms with Crippen molar-refractivity contribution >= 4 is 0 Å². The Bertz CT molecular complexity index is 880. The summed E-state index contributed by atoms with van der Waals surface area (Å²) in [5, 5.41) is 19.5. The van der Waals surface area contributed by atoms with Gasteiger partial charge in [0, 0.05) is 28.7 Å². The quantitative estimate of drug-likeness (QED) is 0.607. The number of aromatic nitrogens is 1. The normalized spacial score (nSPS) is 15.2. The average molecular weight is 321 g/mol. The Hall–Kier alpha value is -2.56. The van der Waals surface area contributed by atoms with Gasteiger partial charge in [-0.1, -0.05) is 30.3 Å². The topological polar surface area (TPSA) is 54.6 Å². The Morgan fingerprint density at radius 3 is 2.42 bits per heavy atom. The number of nitrogens with zero attached hydrogens (tertiary/aromatic N) is 1. The summed E-state index contributed by atoms with van der Waals surface area (Å²) < 4.78 is 7.36. The van der Waals surface area contributed by atoms with Gasteiger partial charge in [0.2, 0.25) is 0 Å². The van der Waals surface area contributed by atoms with Crippen molar-refractivity contribution in [2.45, 2.75) is 19.1 Å². The molecule has 122 valence electrons. The second-order valence-electron chi connectivity index (χ2n) is 5.97. The van der Waals surface area contributed by atoms with E-state index in [2.05, 4.69) is 28.8 Å². The van der Waals surface area contributed by atoms with Crippen LogP contribution in [0.4, 0.5) is 0 Å². The highest BCUT2D eigenvalue weighted by Crippen LogP contribution is 2.45. The number of aliphatic hydroxyl groups excluding tert-OH is 2. The lowest BCUT2D eigenvalue weighted by Gasteiger charge is -2.15. The number of aliphatic hydroxyl groups is 2. The van der Waals surface area contributed by atoms with Crippen molar-refractivity contribution in [2.24, 2.45) is 0 Å². The van der Waals surface area contributed by atoms with Crippen molar-refractivity contribution in [3.05, 3.63) is 82.7 Å². The van der Waals surface area contributed by atoms with Crippen LogP contribution in [0.1, 0.15) is 33.9 Å². The van der Waals surface area contributed by atoms with Gasteiger partial charge in [-0.2, -0.15) is 0 Å². The fourth-order valence-electron chi connectivity index (χ4n) is 3.68. The van der Waals surface area contributed by atoms with Crippen molar-refractivity contribution in [1.82, 2.24) is 4.57 Å². The molecular weight excluding hydrogens is 302 g/mol. The maximum Gasteiger partial charge on any atom is 0.118 e. The van der Waals surface area contributed by atoms with E-state index < -0.39 is 0 Å².